The predicted molar refractivity (Wildman–Crippen MR) is 133 cm³/mol. The number of hydrogen-bond donors (Lipinski definition) is 1. The summed E-state index contributed by atoms with van der Waals surface area (Å²) in [6.07, 6.45) is 1.03. The Morgan fingerprint density at radius 2 is 1.68 bits per heavy atom. The predicted octanol–water partition coefficient (Wildman–Crippen LogP) is 4.94. The van der Waals surface area contributed by atoms with Gasteiger partial charge in [-0.15, -0.1) is 0 Å². The zero-order chi connectivity index (χ0) is 24.7. The van der Waals surface area contributed by atoms with Crippen molar-refractivity contribution in [3.8, 4) is 23.0 Å². The molecule has 0 heterocycles. The molecule has 0 atom stereocenters. The number of ether oxygens (including phenoxy) is 3. The number of nitrogens with one attached hydrogen (secondary N) is 1. The fourth-order valence-corrected chi connectivity index (χ4v) is 4.13. The van der Waals surface area contributed by atoms with Crippen LogP contribution >= 0.6 is 11.6 Å². The topological polar surface area (TPSA) is 94.2 Å². The van der Waals surface area contributed by atoms with Crippen LogP contribution in [-0.4, -0.2) is 40.8 Å². The average Bonchev–Trinajstić information content (AvgIpc) is 2.80. The van der Waals surface area contributed by atoms with E-state index >= 15 is 0 Å². The SMILES string of the molecule is CCOc1ccc(N(CC(=O)Nc2cc(Cl)ccc2Oc2ccccc2OC)S(C)(=O)=O)cc1. The molecule has 0 bridgehead atoms. The Kier molecular flexibility index (Phi) is 8.25. The lowest BCUT2D eigenvalue weighted by atomic mass is 10.2. The summed E-state index contributed by atoms with van der Waals surface area (Å²) < 4.78 is 42.5. The van der Waals surface area contributed by atoms with E-state index in [0.29, 0.717) is 40.3 Å². The van der Waals surface area contributed by atoms with Crippen molar-refractivity contribution < 1.29 is 27.4 Å². The van der Waals surface area contributed by atoms with Gasteiger partial charge < -0.3 is 19.5 Å². The van der Waals surface area contributed by atoms with E-state index in [0.717, 1.165) is 10.6 Å². The average molecular weight is 505 g/mol. The molecule has 0 aromatic heterocycles. The smallest absolute Gasteiger partial charge is 0.245 e. The van der Waals surface area contributed by atoms with Crippen LogP contribution < -0.4 is 23.8 Å². The van der Waals surface area contributed by atoms with Crippen molar-refractivity contribution in [3.05, 3.63) is 71.8 Å². The monoisotopic (exact) mass is 504 g/mol. The number of nitrogens with zero attached hydrogens (tertiary/aromatic N) is 1. The fraction of sp³-hybridized carbons (Fsp3) is 0.208. The zero-order valence-electron chi connectivity index (χ0n) is 18.9. The molecule has 0 saturated heterocycles. The number of carbonyl (C=O) groups excluding carboxylic acids is 1. The summed E-state index contributed by atoms with van der Waals surface area (Å²) in [6, 6.07) is 18.2. The third-order valence-electron chi connectivity index (χ3n) is 4.63. The maximum Gasteiger partial charge on any atom is 0.245 e. The minimum absolute atomic E-state index is 0.281. The number of benzene rings is 3. The standard InChI is InChI=1S/C24H25ClN2O6S/c1-4-32-19-12-10-18(11-13-19)27(34(3,29)30)16-24(28)26-20-15-17(25)9-14-21(20)33-23-8-6-5-7-22(23)31-2/h5-15H,4,16H2,1-3H3,(H,26,28). The molecule has 3 aromatic rings. The summed E-state index contributed by atoms with van der Waals surface area (Å²) in [4.78, 5) is 12.9. The summed E-state index contributed by atoms with van der Waals surface area (Å²) in [7, 11) is -2.23. The third kappa shape index (κ3) is 6.55. The van der Waals surface area contributed by atoms with E-state index in [1.807, 2.05) is 6.92 Å². The van der Waals surface area contributed by atoms with Gasteiger partial charge >= 0.3 is 0 Å². The van der Waals surface area contributed by atoms with Crippen molar-refractivity contribution in [1.29, 1.82) is 0 Å². The molecule has 1 N–H and O–H groups in total. The Bertz CT molecular complexity index is 1250. The van der Waals surface area contributed by atoms with Crippen LogP contribution in [0.2, 0.25) is 5.02 Å². The van der Waals surface area contributed by atoms with Gasteiger partial charge in [-0.3, -0.25) is 9.10 Å². The highest BCUT2D eigenvalue weighted by atomic mass is 35.5. The molecule has 0 fully saturated rings. The Balaban J connectivity index is 1.83. The minimum atomic E-state index is -3.75. The van der Waals surface area contributed by atoms with Crippen LogP contribution in [0.5, 0.6) is 23.0 Å². The number of methoxy groups -OCH3 is 1. The van der Waals surface area contributed by atoms with Crippen LogP contribution in [0.3, 0.4) is 0 Å². The second-order valence-corrected chi connectivity index (χ2v) is 9.48. The molecule has 3 aromatic carbocycles. The zero-order valence-corrected chi connectivity index (χ0v) is 20.5. The highest BCUT2D eigenvalue weighted by Gasteiger charge is 2.22. The Morgan fingerprint density at radius 3 is 2.29 bits per heavy atom. The lowest BCUT2D eigenvalue weighted by Gasteiger charge is -2.22. The summed E-state index contributed by atoms with van der Waals surface area (Å²) in [5, 5.41) is 3.06. The minimum Gasteiger partial charge on any atom is -0.494 e. The first-order chi connectivity index (χ1) is 16.2. The van der Waals surface area contributed by atoms with E-state index in [4.69, 9.17) is 25.8 Å². The van der Waals surface area contributed by atoms with Crippen molar-refractivity contribution in [2.24, 2.45) is 0 Å². The van der Waals surface area contributed by atoms with Gasteiger partial charge in [0.05, 0.1) is 31.3 Å². The van der Waals surface area contributed by atoms with Crippen molar-refractivity contribution in [1.82, 2.24) is 0 Å². The summed E-state index contributed by atoms with van der Waals surface area (Å²) in [6.45, 7) is 1.88. The fourth-order valence-electron chi connectivity index (χ4n) is 3.11. The molecule has 8 nitrogen and oxygen atoms in total. The molecule has 3 rings (SSSR count). The highest BCUT2D eigenvalue weighted by molar-refractivity contribution is 7.92. The van der Waals surface area contributed by atoms with E-state index in [9.17, 15) is 13.2 Å². The summed E-state index contributed by atoms with van der Waals surface area (Å²) in [5.74, 6) is 1.28. The van der Waals surface area contributed by atoms with Gasteiger partial charge in [0.1, 0.15) is 12.3 Å². The summed E-state index contributed by atoms with van der Waals surface area (Å²) >= 11 is 6.13. The molecule has 0 unspecified atom stereocenters. The maximum absolute atomic E-state index is 12.9. The van der Waals surface area contributed by atoms with Gasteiger partial charge in [-0.2, -0.15) is 0 Å². The van der Waals surface area contributed by atoms with Crippen molar-refractivity contribution in [3.63, 3.8) is 0 Å². The van der Waals surface area contributed by atoms with E-state index in [2.05, 4.69) is 5.32 Å². The number of sulfonamides is 1. The van der Waals surface area contributed by atoms with Crippen LogP contribution in [-0.2, 0) is 14.8 Å². The first kappa shape index (κ1) is 25.2. The van der Waals surface area contributed by atoms with E-state index in [1.54, 1.807) is 60.7 Å². The number of hydrogen-bond acceptors (Lipinski definition) is 6. The van der Waals surface area contributed by atoms with Gasteiger partial charge in [0.25, 0.3) is 0 Å². The lowest BCUT2D eigenvalue weighted by Crippen LogP contribution is -2.37. The molecular weight excluding hydrogens is 480 g/mol. The highest BCUT2D eigenvalue weighted by Crippen LogP contribution is 2.36. The van der Waals surface area contributed by atoms with Crippen LogP contribution in [0.15, 0.2) is 66.7 Å². The number of anilines is 2. The Hall–Kier alpha value is -3.43. The Morgan fingerprint density at radius 1 is 1.00 bits per heavy atom. The van der Waals surface area contributed by atoms with E-state index in [-0.39, 0.29) is 5.69 Å². The molecule has 0 spiro atoms. The molecule has 0 aliphatic rings. The van der Waals surface area contributed by atoms with Crippen LogP contribution in [0, 0.1) is 0 Å². The second kappa shape index (κ2) is 11.1. The van der Waals surface area contributed by atoms with Crippen LogP contribution in [0.4, 0.5) is 11.4 Å². The second-order valence-electron chi connectivity index (χ2n) is 7.14. The molecule has 0 radical (unpaired) electrons. The van der Waals surface area contributed by atoms with Gasteiger partial charge in [0, 0.05) is 5.02 Å². The van der Waals surface area contributed by atoms with Crippen molar-refractivity contribution in [2.45, 2.75) is 6.92 Å². The van der Waals surface area contributed by atoms with E-state index in [1.165, 1.54) is 13.2 Å². The normalized spacial score (nSPS) is 10.9. The number of amides is 1. The summed E-state index contributed by atoms with van der Waals surface area (Å²) in [5.41, 5.74) is 0.612. The molecule has 0 aliphatic heterocycles. The van der Waals surface area contributed by atoms with Crippen molar-refractivity contribution in [2.75, 3.05) is 36.1 Å². The largest absolute Gasteiger partial charge is 0.494 e. The number of rotatable bonds is 10. The lowest BCUT2D eigenvalue weighted by molar-refractivity contribution is -0.114. The quantitative estimate of drug-likeness (QED) is 0.420. The van der Waals surface area contributed by atoms with E-state index < -0.39 is 22.5 Å². The first-order valence-electron chi connectivity index (χ1n) is 10.3. The van der Waals surface area contributed by atoms with Gasteiger partial charge in [-0.25, -0.2) is 8.42 Å². The Labute approximate surface area is 204 Å². The molecule has 180 valence electrons. The van der Waals surface area contributed by atoms with Crippen molar-refractivity contribution >= 4 is 38.9 Å². The third-order valence-corrected chi connectivity index (χ3v) is 6.00. The molecular formula is C24H25ClN2O6S. The molecule has 0 saturated carbocycles. The maximum atomic E-state index is 12.9. The van der Waals surface area contributed by atoms with Gasteiger partial charge in [-0.05, 0) is 61.5 Å². The molecule has 0 aliphatic carbocycles. The van der Waals surface area contributed by atoms with Crippen LogP contribution in [0.1, 0.15) is 6.92 Å². The van der Waals surface area contributed by atoms with Gasteiger partial charge in [0.2, 0.25) is 15.9 Å². The number of halogens is 1. The first-order valence-corrected chi connectivity index (χ1v) is 12.5. The molecule has 34 heavy (non-hydrogen) atoms. The van der Waals surface area contributed by atoms with Crippen LogP contribution in [0.25, 0.3) is 0 Å². The van der Waals surface area contributed by atoms with Gasteiger partial charge in [-0.1, -0.05) is 23.7 Å². The number of para-hydroxylation sites is 2. The number of carbonyl (C=O) groups is 1. The molecule has 10 heteroatoms. The molecule has 1 amide bonds. The van der Waals surface area contributed by atoms with Gasteiger partial charge in [0.15, 0.2) is 17.2 Å².